The van der Waals surface area contributed by atoms with Crippen LogP contribution < -0.4 is 22.9 Å². The summed E-state index contributed by atoms with van der Waals surface area (Å²) in [7, 11) is 3.32. The van der Waals surface area contributed by atoms with E-state index in [-0.39, 0.29) is 63.1 Å². The predicted octanol–water partition coefficient (Wildman–Crippen LogP) is 18.7. The molecule has 114 heavy (non-hydrogen) atoms. The summed E-state index contributed by atoms with van der Waals surface area (Å²) < 4.78 is 40.6. The van der Waals surface area contributed by atoms with E-state index in [0.29, 0.717) is 23.0 Å². The number of nitrogen functional groups attached to an aromatic ring is 4. The average molecular weight is 1520 g/mol. The van der Waals surface area contributed by atoms with Crippen LogP contribution in [-0.4, -0.2) is 82.7 Å². The zero-order valence-corrected chi connectivity index (χ0v) is 64.6. The van der Waals surface area contributed by atoms with Crippen molar-refractivity contribution >= 4 is 62.5 Å². The number of para-hydroxylation sites is 2. The van der Waals surface area contributed by atoms with Crippen molar-refractivity contribution < 1.29 is 22.7 Å². The summed E-state index contributed by atoms with van der Waals surface area (Å²) in [5, 5.41) is 7.27. The fraction of sp³-hybridized carbons (Fsp3) is 0.220. The van der Waals surface area contributed by atoms with Crippen LogP contribution in [-0.2, 0) is 33.4 Å². The first kappa shape index (κ1) is 75.8. The molecule has 18 rings (SSSR count). The maximum Gasteiger partial charge on any atom is 0.354 e. The Kier molecular flexibility index (Phi) is 20.8. The van der Waals surface area contributed by atoms with Gasteiger partial charge in [-0.15, -0.1) is 0 Å². The van der Waals surface area contributed by atoms with Crippen LogP contribution in [0.3, 0.4) is 0 Å². The van der Waals surface area contributed by atoms with Gasteiger partial charge in [0, 0.05) is 152 Å². The molecule has 0 saturated heterocycles. The van der Waals surface area contributed by atoms with Crippen LogP contribution in [0.15, 0.2) is 243 Å². The van der Waals surface area contributed by atoms with Gasteiger partial charge in [0.1, 0.15) is 29.3 Å². The number of hydrogen-bond acceptors (Lipinski definition) is 17. The zero-order chi connectivity index (χ0) is 79.6. The molecule has 2 atom stereocenters. The molecule has 16 aromatic rings. The number of aromatic nitrogens is 14. The fourth-order valence-corrected chi connectivity index (χ4v) is 16.0. The summed E-state index contributed by atoms with van der Waals surface area (Å²) in [6.07, 6.45) is 29.6. The number of methoxy groups -OCH3 is 1. The van der Waals surface area contributed by atoms with Gasteiger partial charge >= 0.3 is 5.97 Å². The SMILES string of the molecule is CC(C)C(C)(c1ccc(-c2cnc(N)nc2)cc1)c1c[nH]c2c(F)cccc12.CC(C)C(C)(c1ccc(-c2cnc(N)nc2)cc1)c1c[nH]c2cc(F)ccc12.COC(=O)c1[nH]c2ccccc2c1C1(c2ccc(-c3cnc(N)nc3)cc2)CCC1.Cn1cc(-c2coc(C3(c4ccc(-c5cnc(N)nc5)cc4)CCC3)n2)cn1. The van der Waals surface area contributed by atoms with Gasteiger partial charge in [0.2, 0.25) is 29.7 Å². The number of carbonyl (C=O) groups is 1. The minimum atomic E-state index is -0.330. The largest absolute Gasteiger partial charge is 0.464 e. The van der Waals surface area contributed by atoms with Gasteiger partial charge in [-0.25, -0.2) is 58.4 Å². The lowest BCUT2D eigenvalue weighted by molar-refractivity contribution is 0.0590. The van der Waals surface area contributed by atoms with E-state index in [2.05, 4.69) is 205 Å². The molecular formula is C91H88F2N18O3. The molecule has 11 N–H and O–H groups in total. The molecule has 0 spiro atoms. The molecule has 0 radical (unpaired) electrons. The van der Waals surface area contributed by atoms with Crippen LogP contribution in [0.2, 0.25) is 0 Å². The first-order valence-electron chi connectivity index (χ1n) is 38.0. The van der Waals surface area contributed by atoms with E-state index in [1.807, 2.05) is 56.0 Å². The number of oxazole rings is 1. The Morgan fingerprint density at radius 2 is 0.956 bits per heavy atom. The van der Waals surface area contributed by atoms with Gasteiger partial charge in [0.25, 0.3) is 0 Å². The number of nitrogens with zero attached hydrogens (tertiary/aromatic N) is 11. The van der Waals surface area contributed by atoms with E-state index in [1.165, 1.54) is 47.1 Å². The molecule has 23 heteroatoms. The van der Waals surface area contributed by atoms with Gasteiger partial charge in [-0.05, 0) is 123 Å². The number of nitrogens with one attached hydrogen (secondary N) is 3. The monoisotopic (exact) mass is 1520 g/mol. The molecule has 2 aliphatic carbocycles. The third-order valence-corrected chi connectivity index (χ3v) is 23.5. The number of aromatic amines is 3. The Hall–Kier alpha value is -13.6. The Balaban J connectivity index is 0.000000120. The van der Waals surface area contributed by atoms with Crippen molar-refractivity contribution in [2.45, 2.75) is 102 Å². The van der Waals surface area contributed by atoms with Gasteiger partial charge in [-0.1, -0.05) is 182 Å². The van der Waals surface area contributed by atoms with Crippen molar-refractivity contribution in [3.05, 3.63) is 301 Å². The summed E-state index contributed by atoms with van der Waals surface area (Å²) in [6, 6.07) is 52.0. The third kappa shape index (κ3) is 14.4. The van der Waals surface area contributed by atoms with Crippen LogP contribution in [0.4, 0.5) is 32.6 Å². The number of fused-ring (bicyclic) bond motifs is 3. The number of nitrogens with two attached hydrogens (primary N) is 4. The number of benzene rings is 7. The normalized spacial score (nSPS) is 14.5. The molecular weight excluding hydrogens is 1430 g/mol. The standard InChI is InChI=1S/C24H22N4O2.2C23H23FN4.C21H20N6O/c1-30-22(29)21-20(18-5-2-3-6-19(18)28-21)24(11-4-12-24)17-9-7-15(8-10-17)16-13-26-23(25)27-14-16;1-14(2)23(3,20-13-26-21-10-18(24)8-9-19(20)21)17-6-4-15(5-7-17)16-11-27-22(25)28-12-16;1-14(2)23(3,19-13-26-21-18(19)5-4-6-20(21)24)17-9-7-15(8-10-17)16-11-27-22(25)28-12-16;1-27-12-16(11-25-27)18-13-28-19(26-18)21(7-2-8-21)17-5-3-14(4-6-17)15-9-23-20(22)24-10-15/h2-3,5-10,13-14,28H,4,11-12H2,1H3,(H2,25,26,27);2*4-14,26H,1-3H3,(H2,25,27,28);3-6,9-13H,2,7-8H2,1H3,(H2,22,23,24). The molecule has 2 fully saturated rings. The second-order valence-electron chi connectivity index (χ2n) is 30.3. The maximum absolute atomic E-state index is 14.2. The number of anilines is 4. The lowest BCUT2D eigenvalue weighted by Gasteiger charge is -2.43. The summed E-state index contributed by atoms with van der Waals surface area (Å²) in [6.45, 7) is 13.3. The highest BCUT2D eigenvalue weighted by atomic mass is 19.1. The van der Waals surface area contributed by atoms with Gasteiger partial charge in [-0.3, -0.25) is 4.68 Å². The third-order valence-electron chi connectivity index (χ3n) is 23.5. The highest BCUT2D eigenvalue weighted by Gasteiger charge is 2.47. The smallest absolute Gasteiger partial charge is 0.354 e. The molecule has 21 nitrogen and oxygen atoms in total. The van der Waals surface area contributed by atoms with E-state index in [9.17, 15) is 13.6 Å². The molecule has 0 aliphatic heterocycles. The van der Waals surface area contributed by atoms with E-state index in [4.69, 9.17) is 37.1 Å². The number of carbonyl (C=O) groups excluding carboxylic acids is 1. The minimum absolute atomic E-state index is 0.156. The Morgan fingerprint density at radius 1 is 0.509 bits per heavy atom. The number of esters is 1. The van der Waals surface area contributed by atoms with Crippen LogP contribution in [0.25, 0.3) is 88.5 Å². The molecule has 2 saturated carbocycles. The van der Waals surface area contributed by atoms with E-state index >= 15 is 0 Å². The minimum Gasteiger partial charge on any atom is -0.464 e. The maximum atomic E-state index is 14.2. The number of hydrogen-bond donors (Lipinski definition) is 7. The molecule has 2 aliphatic rings. The molecule has 9 heterocycles. The van der Waals surface area contributed by atoms with Gasteiger partial charge in [0.05, 0.1) is 24.2 Å². The molecule has 0 amide bonds. The van der Waals surface area contributed by atoms with Gasteiger partial charge in [0.15, 0.2) is 0 Å². The second-order valence-corrected chi connectivity index (χ2v) is 30.3. The van der Waals surface area contributed by atoms with E-state index in [0.717, 1.165) is 138 Å². The molecule has 7 aromatic carbocycles. The predicted molar refractivity (Wildman–Crippen MR) is 444 cm³/mol. The van der Waals surface area contributed by atoms with Crippen molar-refractivity contribution in [1.82, 2.24) is 69.6 Å². The quantitative estimate of drug-likeness (QED) is 0.0442. The first-order valence-corrected chi connectivity index (χ1v) is 38.0. The number of rotatable bonds is 16. The van der Waals surface area contributed by atoms with E-state index < -0.39 is 0 Å². The molecule has 2 unspecified atom stereocenters. The Labute approximate surface area is 658 Å². The van der Waals surface area contributed by atoms with E-state index in [1.54, 1.807) is 78.8 Å². The van der Waals surface area contributed by atoms with Crippen LogP contribution in [0, 0.1) is 23.5 Å². The highest BCUT2D eigenvalue weighted by Crippen LogP contribution is 2.54. The lowest BCUT2D eigenvalue weighted by Crippen LogP contribution is -2.36. The van der Waals surface area contributed by atoms with Crippen LogP contribution >= 0.6 is 0 Å². The summed E-state index contributed by atoms with van der Waals surface area (Å²) >= 11 is 0. The number of ether oxygens (including phenoxy) is 1. The summed E-state index contributed by atoms with van der Waals surface area (Å²) in [5.74, 6) is 1.70. The topological polar surface area (TPSA) is 325 Å². The van der Waals surface area contributed by atoms with Gasteiger partial charge < -0.3 is 47.0 Å². The highest BCUT2D eigenvalue weighted by molar-refractivity contribution is 6.00. The van der Waals surface area contributed by atoms with Crippen molar-refractivity contribution in [2.24, 2.45) is 18.9 Å². The van der Waals surface area contributed by atoms with Crippen LogP contribution in [0.1, 0.15) is 135 Å². The molecule has 574 valence electrons. The van der Waals surface area contributed by atoms with Crippen molar-refractivity contribution in [3.63, 3.8) is 0 Å². The first-order chi connectivity index (χ1) is 55.1. The van der Waals surface area contributed by atoms with Crippen molar-refractivity contribution in [2.75, 3.05) is 30.0 Å². The zero-order valence-electron chi connectivity index (χ0n) is 64.6. The fourth-order valence-electron chi connectivity index (χ4n) is 16.0. The summed E-state index contributed by atoms with van der Waals surface area (Å²) in [4.78, 5) is 59.6. The van der Waals surface area contributed by atoms with Crippen molar-refractivity contribution in [1.29, 1.82) is 0 Å². The number of aryl methyl sites for hydroxylation is 1. The Bertz CT molecular complexity index is 6050. The molecule has 9 aromatic heterocycles. The Morgan fingerprint density at radius 3 is 1.40 bits per heavy atom. The van der Waals surface area contributed by atoms with Gasteiger partial charge in [-0.2, -0.15) is 5.10 Å². The second kappa shape index (κ2) is 31.3. The number of H-pyrrole nitrogens is 3. The lowest BCUT2D eigenvalue weighted by atomic mass is 9.59. The molecule has 0 bridgehead atoms. The van der Waals surface area contributed by atoms with Crippen LogP contribution in [0.5, 0.6) is 0 Å². The average Bonchev–Trinajstić information content (AvgIpc) is 1.52. The summed E-state index contributed by atoms with van der Waals surface area (Å²) in [5.41, 5.74) is 42.1. The number of halogens is 2. The van der Waals surface area contributed by atoms with Crippen molar-refractivity contribution in [3.8, 4) is 55.8 Å².